The van der Waals surface area contributed by atoms with Gasteiger partial charge in [0.15, 0.2) is 0 Å². The van der Waals surface area contributed by atoms with Gasteiger partial charge < -0.3 is 5.11 Å². The maximum Gasteiger partial charge on any atom is 0.328 e. The van der Waals surface area contributed by atoms with Crippen molar-refractivity contribution in [1.82, 2.24) is 4.90 Å². The van der Waals surface area contributed by atoms with E-state index in [0.717, 1.165) is 12.1 Å². The zero-order valence-electron chi connectivity index (χ0n) is 9.07. The molecule has 3 saturated heterocycles. The second-order valence-electron chi connectivity index (χ2n) is 4.50. The molecule has 0 aromatic rings. The van der Waals surface area contributed by atoms with Crippen LogP contribution in [0.2, 0.25) is 0 Å². The van der Waals surface area contributed by atoms with E-state index in [0.29, 0.717) is 5.92 Å². The highest BCUT2D eigenvalue weighted by atomic mass is 16.4. The number of carboxylic acids is 1. The predicted molar refractivity (Wildman–Crippen MR) is 58.6 cm³/mol. The van der Waals surface area contributed by atoms with E-state index < -0.39 is 5.97 Å². The molecule has 3 rings (SSSR count). The molecule has 0 amide bonds. The minimum Gasteiger partial charge on any atom is -0.478 e. The summed E-state index contributed by atoms with van der Waals surface area (Å²) in [5.41, 5.74) is 2.27. The lowest BCUT2D eigenvalue weighted by Crippen LogP contribution is -2.42. The SMILES string of the molecule is CC(=C/C(=O)O)/C=C1\CN2CCC1CC2. The average Bonchev–Trinajstić information content (AvgIpc) is 2.17. The molecule has 0 saturated carbocycles. The van der Waals surface area contributed by atoms with Crippen molar-refractivity contribution in [2.24, 2.45) is 5.92 Å². The molecule has 0 radical (unpaired) electrons. The quantitative estimate of drug-likeness (QED) is 0.700. The molecule has 0 aliphatic carbocycles. The molecule has 3 aliphatic heterocycles. The highest BCUT2D eigenvalue weighted by Crippen LogP contribution is 2.32. The zero-order chi connectivity index (χ0) is 10.8. The minimum atomic E-state index is -0.856. The summed E-state index contributed by atoms with van der Waals surface area (Å²) in [6, 6.07) is 0. The van der Waals surface area contributed by atoms with E-state index in [1.165, 1.54) is 37.6 Å². The van der Waals surface area contributed by atoms with Crippen molar-refractivity contribution in [1.29, 1.82) is 0 Å². The van der Waals surface area contributed by atoms with Gasteiger partial charge in [-0.15, -0.1) is 0 Å². The lowest BCUT2D eigenvalue weighted by Gasteiger charge is -2.41. The van der Waals surface area contributed by atoms with E-state index in [9.17, 15) is 4.79 Å². The minimum absolute atomic E-state index is 0.701. The van der Waals surface area contributed by atoms with Crippen LogP contribution in [0.1, 0.15) is 19.8 Å². The van der Waals surface area contributed by atoms with Crippen LogP contribution in [0.15, 0.2) is 23.3 Å². The molecule has 2 bridgehead atoms. The molecular formula is C12H17NO2. The van der Waals surface area contributed by atoms with Gasteiger partial charge in [0.25, 0.3) is 0 Å². The van der Waals surface area contributed by atoms with Crippen molar-refractivity contribution in [2.45, 2.75) is 19.8 Å². The number of carbonyl (C=O) groups is 1. The first-order valence-electron chi connectivity index (χ1n) is 5.49. The summed E-state index contributed by atoms with van der Waals surface area (Å²) in [5, 5.41) is 8.63. The first kappa shape index (κ1) is 10.4. The Morgan fingerprint density at radius 3 is 2.60 bits per heavy atom. The van der Waals surface area contributed by atoms with Gasteiger partial charge in [0.2, 0.25) is 0 Å². The summed E-state index contributed by atoms with van der Waals surface area (Å²) in [4.78, 5) is 12.9. The van der Waals surface area contributed by atoms with E-state index in [2.05, 4.69) is 11.0 Å². The third-order valence-electron chi connectivity index (χ3n) is 3.28. The van der Waals surface area contributed by atoms with Crippen LogP contribution in [-0.4, -0.2) is 35.6 Å². The molecule has 82 valence electrons. The van der Waals surface area contributed by atoms with E-state index in [-0.39, 0.29) is 0 Å². The molecule has 3 nitrogen and oxygen atoms in total. The third kappa shape index (κ3) is 2.48. The van der Waals surface area contributed by atoms with Crippen LogP contribution >= 0.6 is 0 Å². The van der Waals surface area contributed by atoms with Crippen molar-refractivity contribution in [2.75, 3.05) is 19.6 Å². The van der Waals surface area contributed by atoms with E-state index >= 15 is 0 Å². The van der Waals surface area contributed by atoms with Gasteiger partial charge in [-0.05, 0) is 44.3 Å². The average molecular weight is 207 g/mol. The molecule has 0 spiro atoms. The maximum atomic E-state index is 10.5. The summed E-state index contributed by atoms with van der Waals surface area (Å²) in [5.74, 6) is -0.155. The van der Waals surface area contributed by atoms with E-state index in [4.69, 9.17) is 5.11 Å². The number of carboxylic acid groups (broad SMARTS) is 1. The molecular weight excluding hydrogens is 190 g/mol. The number of allylic oxidation sites excluding steroid dienone is 2. The van der Waals surface area contributed by atoms with Gasteiger partial charge in [-0.2, -0.15) is 0 Å². The molecule has 3 heterocycles. The predicted octanol–water partition coefficient (Wildman–Crippen LogP) is 1.67. The van der Waals surface area contributed by atoms with Gasteiger partial charge in [0.1, 0.15) is 0 Å². The number of aliphatic carboxylic acids is 1. The molecule has 0 atom stereocenters. The van der Waals surface area contributed by atoms with Crippen LogP contribution in [0.3, 0.4) is 0 Å². The number of piperidine rings is 3. The monoisotopic (exact) mass is 207 g/mol. The molecule has 0 unspecified atom stereocenters. The molecule has 3 fully saturated rings. The lowest BCUT2D eigenvalue weighted by atomic mass is 9.83. The smallest absolute Gasteiger partial charge is 0.328 e. The molecule has 1 N–H and O–H groups in total. The molecule has 3 aliphatic rings. The Morgan fingerprint density at radius 2 is 2.13 bits per heavy atom. The number of fused-ring (bicyclic) bond motifs is 3. The topological polar surface area (TPSA) is 40.5 Å². The summed E-state index contributed by atoms with van der Waals surface area (Å²) < 4.78 is 0. The van der Waals surface area contributed by atoms with E-state index in [1.54, 1.807) is 0 Å². The van der Waals surface area contributed by atoms with Crippen LogP contribution < -0.4 is 0 Å². The van der Waals surface area contributed by atoms with Crippen LogP contribution in [0.25, 0.3) is 0 Å². The largest absolute Gasteiger partial charge is 0.478 e. The second-order valence-corrected chi connectivity index (χ2v) is 4.50. The van der Waals surface area contributed by atoms with Crippen molar-refractivity contribution < 1.29 is 9.90 Å². The molecule has 3 heteroatoms. The van der Waals surface area contributed by atoms with Crippen molar-refractivity contribution >= 4 is 5.97 Å². The summed E-state index contributed by atoms with van der Waals surface area (Å²) in [6.07, 6.45) is 5.83. The zero-order valence-corrected chi connectivity index (χ0v) is 9.07. The Kier molecular flexibility index (Phi) is 2.91. The Balaban J connectivity index is 2.10. The molecule has 0 aromatic heterocycles. The first-order valence-corrected chi connectivity index (χ1v) is 5.49. The Morgan fingerprint density at radius 1 is 1.47 bits per heavy atom. The Hall–Kier alpha value is -1.09. The lowest BCUT2D eigenvalue weighted by molar-refractivity contribution is -0.131. The van der Waals surface area contributed by atoms with Crippen molar-refractivity contribution in [3.8, 4) is 0 Å². The molecule has 15 heavy (non-hydrogen) atoms. The maximum absolute atomic E-state index is 10.5. The van der Waals surface area contributed by atoms with Gasteiger partial charge in [-0.25, -0.2) is 4.79 Å². The fraction of sp³-hybridized carbons (Fsp3) is 0.583. The fourth-order valence-electron chi connectivity index (χ4n) is 2.54. The van der Waals surface area contributed by atoms with Crippen LogP contribution in [0.4, 0.5) is 0 Å². The van der Waals surface area contributed by atoms with Crippen molar-refractivity contribution in [3.63, 3.8) is 0 Å². The number of rotatable bonds is 2. The van der Waals surface area contributed by atoms with Gasteiger partial charge in [0.05, 0.1) is 0 Å². The number of nitrogens with zero attached hydrogens (tertiary/aromatic N) is 1. The third-order valence-corrected chi connectivity index (χ3v) is 3.28. The standard InChI is InChI=1S/C12H17NO2/c1-9(7-12(14)15)6-11-8-13-4-2-10(11)3-5-13/h6-7,10H,2-5,8H2,1H3,(H,14,15)/b9-7-,11-6+. The van der Waals surface area contributed by atoms with Crippen LogP contribution in [0.5, 0.6) is 0 Å². The van der Waals surface area contributed by atoms with Gasteiger partial charge in [0, 0.05) is 12.6 Å². The fourth-order valence-corrected chi connectivity index (χ4v) is 2.54. The second kappa shape index (κ2) is 4.19. The molecule has 0 aromatic carbocycles. The van der Waals surface area contributed by atoms with Gasteiger partial charge in [-0.3, -0.25) is 4.90 Å². The Bertz CT molecular complexity index is 323. The number of hydrogen-bond acceptors (Lipinski definition) is 2. The van der Waals surface area contributed by atoms with Gasteiger partial charge >= 0.3 is 5.97 Å². The van der Waals surface area contributed by atoms with Crippen LogP contribution in [0, 0.1) is 5.92 Å². The van der Waals surface area contributed by atoms with Crippen LogP contribution in [-0.2, 0) is 4.79 Å². The Labute approximate surface area is 90.1 Å². The highest BCUT2D eigenvalue weighted by molar-refractivity contribution is 5.81. The summed E-state index contributed by atoms with van der Waals surface area (Å²) >= 11 is 0. The highest BCUT2D eigenvalue weighted by Gasteiger charge is 2.28. The first-order chi connectivity index (χ1) is 7.15. The van der Waals surface area contributed by atoms with Crippen molar-refractivity contribution in [3.05, 3.63) is 23.3 Å². The van der Waals surface area contributed by atoms with Gasteiger partial charge in [-0.1, -0.05) is 11.6 Å². The number of hydrogen-bond donors (Lipinski definition) is 1. The summed E-state index contributed by atoms with van der Waals surface area (Å²) in [7, 11) is 0. The van der Waals surface area contributed by atoms with E-state index in [1.807, 2.05) is 6.92 Å². The summed E-state index contributed by atoms with van der Waals surface area (Å²) in [6.45, 7) is 5.32. The normalized spacial score (nSPS) is 33.4.